The first-order chi connectivity index (χ1) is 11.0. The molecule has 2 nitrogen and oxygen atoms in total. The van der Waals surface area contributed by atoms with E-state index in [1.807, 2.05) is 6.07 Å². The lowest BCUT2D eigenvalue weighted by Gasteiger charge is -2.35. The Labute approximate surface area is 141 Å². The summed E-state index contributed by atoms with van der Waals surface area (Å²) in [5.41, 5.74) is 3.88. The molecular formula is C21H33NO. The average Bonchev–Trinajstić information content (AvgIpc) is 2.50. The van der Waals surface area contributed by atoms with E-state index in [4.69, 9.17) is 0 Å². The third-order valence-corrected chi connectivity index (χ3v) is 5.87. The minimum atomic E-state index is 0.526. The number of hydrogen-bond acceptors (Lipinski definition) is 2. The molecule has 3 rings (SSSR count). The molecule has 0 aromatic heterocycles. The van der Waals surface area contributed by atoms with Gasteiger partial charge in [-0.3, -0.25) is 4.90 Å². The Balaban J connectivity index is 1.78. The van der Waals surface area contributed by atoms with E-state index in [0.717, 1.165) is 18.4 Å². The predicted octanol–water partition coefficient (Wildman–Crippen LogP) is 5.23. The summed E-state index contributed by atoms with van der Waals surface area (Å²) < 4.78 is 0. The van der Waals surface area contributed by atoms with Crippen LogP contribution in [0.25, 0.3) is 0 Å². The summed E-state index contributed by atoms with van der Waals surface area (Å²) in [6.45, 7) is 10.4. The van der Waals surface area contributed by atoms with Crippen LogP contribution in [-0.2, 0) is 6.54 Å². The highest BCUT2D eigenvalue weighted by Gasteiger charge is 2.24. The van der Waals surface area contributed by atoms with Crippen molar-refractivity contribution in [3.63, 3.8) is 0 Å². The van der Waals surface area contributed by atoms with Gasteiger partial charge in [0.1, 0.15) is 5.75 Å². The maximum Gasteiger partial charge on any atom is 0.119 e. The first-order valence-corrected chi connectivity index (χ1v) is 9.57. The number of likely N-dealkylation sites (tertiary alicyclic amines) is 1. The van der Waals surface area contributed by atoms with E-state index >= 15 is 0 Å². The molecule has 1 heterocycles. The third kappa shape index (κ3) is 4.09. The van der Waals surface area contributed by atoms with Crippen LogP contribution >= 0.6 is 0 Å². The molecule has 0 radical (unpaired) electrons. The number of aryl methyl sites for hydroxylation is 1. The molecule has 2 aliphatic rings. The van der Waals surface area contributed by atoms with Gasteiger partial charge in [0.05, 0.1) is 0 Å². The first kappa shape index (κ1) is 16.8. The summed E-state index contributed by atoms with van der Waals surface area (Å²) in [7, 11) is 0. The van der Waals surface area contributed by atoms with Crippen LogP contribution in [0.3, 0.4) is 0 Å². The number of aromatic hydroxyl groups is 1. The highest BCUT2D eigenvalue weighted by molar-refractivity contribution is 5.43. The molecule has 1 saturated heterocycles. The Hall–Kier alpha value is -1.02. The Morgan fingerprint density at radius 1 is 1.04 bits per heavy atom. The molecule has 1 aliphatic carbocycles. The van der Waals surface area contributed by atoms with Gasteiger partial charge in [0.25, 0.3) is 0 Å². The lowest BCUT2D eigenvalue weighted by molar-refractivity contribution is 0.134. The SMILES string of the molecule is Cc1cc(O)c(C2CCCCC2)cc1CN1C[C@H](C)C[C@H](C)C1. The van der Waals surface area contributed by atoms with Crippen molar-refractivity contribution in [2.75, 3.05) is 13.1 Å². The average molecular weight is 316 g/mol. The van der Waals surface area contributed by atoms with E-state index in [9.17, 15) is 5.11 Å². The van der Waals surface area contributed by atoms with Crippen molar-refractivity contribution in [1.29, 1.82) is 0 Å². The number of piperidine rings is 1. The second kappa shape index (κ2) is 7.25. The number of benzene rings is 1. The van der Waals surface area contributed by atoms with Gasteiger partial charge in [0.2, 0.25) is 0 Å². The zero-order valence-electron chi connectivity index (χ0n) is 15.1. The van der Waals surface area contributed by atoms with Gasteiger partial charge >= 0.3 is 0 Å². The third-order valence-electron chi connectivity index (χ3n) is 5.87. The van der Waals surface area contributed by atoms with Crippen LogP contribution in [0.15, 0.2) is 12.1 Å². The molecule has 2 heteroatoms. The van der Waals surface area contributed by atoms with E-state index in [1.54, 1.807) is 0 Å². The van der Waals surface area contributed by atoms with Crippen molar-refractivity contribution < 1.29 is 5.11 Å². The molecule has 1 aromatic rings. The maximum absolute atomic E-state index is 10.4. The fourth-order valence-electron chi connectivity index (χ4n) is 4.83. The van der Waals surface area contributed by atoms with E-state index in [-0.39, 0.29) is 0 Å². The molecule has 0 unspecified atom stereocenters. The molecule has 0 spiro atoms. The number of rotatable bonds is 3. The van der Waals surface area contributed by atoms with E-state index in [0.29, 0.717) is 11.7 Å². The monoisotopic (exact) mass is 315 g/mol. The van der Waals surface area contributed by atoms with Gasteiger partial charge in [-0.15, -0.1) is 0 Å². The number of phenolic OH excluding ortho intramolecular Hbond substituents is 1. The van der Waals surface area contributed by atoms with Crippen LogP contribution in [0.2, 0.25) is 0 Å². The van der Waals surface area contributed by atoms with Gasteiger partial charge < -0.3 is 5.11 Å². The minimum Gasteiger partial charge on any atom is -0.508 e. The number of nitrogens with zero attached hydrogens (tertiary/aromatic N) is 1. The van der Waals surface area contributed by atoms with Crippen LogP contribution < -0.4 is 0 Å². The normalized spacial score (nSPS) is 27.3. The van der Waals surface area contributed by atoms with E-state index < -0.39 is 0 Å². The van der Waals surface area contributed by atoms with Crippen molar-refractivity contribution in [3.8, 4) is 5.75 Å². The summed E-state index contributed by atoms with van der Waals surface area (Å²) >= 11 is 0. The van der Waals surface area contributed by atoms with Gasteiger partial charge in [0, 0.05) is 19.6 Å². The number of phenols is 1. The largest absolute Gasteiger partial charge is 0.508 e. The molecule has 1 saturated carbocycles. The van der Waals surface area contributed by atoms with Crippen molar-refractivity contribution in [3.05, 3.63) is 28.8 Å². The minimum absolute atomic E-state index is 0.526. The van der Waals surface area contributed by atoms with Crippen molar-refractivity contribution >= 4 is 0 Å². The van der Waals surface area contributed by atoms with Gasteiger partial charge in [-0.2, -0.15) is 0 Å². The summed E-state index contributed by atoms with van der Waals surface area (Å²) in [5, 5.41) is 10.4. The predicted molar refractivity (Wildman–Crippen MR) is 96.9 cm³/mol. The van der Waals surface area contributed by atoms with Crippen LogP contribution in [0.4, 0.5) is 0 Å². The topological polar surface area (TPSA) is 23.5 Å². The van der Waals surface area contributed by atoms with E-state index in [2.05, 4.69) is 31.7 Å². The summed E-state index contributed by atoms with van der Waals surface area (Å²) in [6.07, 6.45) is 7.84. The van der Waals surface area contributed by atoms with Gasteiger partial charge in [0.15, 0.2) is 0 Å². The Kier molecular flexibility index (Phi) is 5.31. The van der Waals surface area contributed by atoms with Crippen molar-refractivity contribution in [1.82, 2.24) is 4.90 Å². The highest BCUT2D eigenvalue weighted by Crippen LogP contribution is 2.38. The first-order valence-electron chi connectivity index (χ1n) is 9.57. The van der Waals surface area contributed by atoms with Gasteiger partial charge in [-0.05, 0) is 66.7 Å². The molecular weight excluding hydrogens is 282 g/mol. The molecule has 2 atom stereocenters. The second-order valence-electron chi connectivity index (χ2n) is 8.31. The van der Waals surface area contributed by atoms with E-state index in [1.165, 1.54) is 68.3 Å². The molecule has 128 valence electrons. The smallest absolute Gasteiger partial charge is 0.119 e. The summed E-state index contributed by atoms with van der Waals surface area (Å²) in [4.78, 5) is 2.61. The van der Waals surface area contributed by atoms with Gasteiger partial charge in [-0.1, -0.05) is 39.2 Å². The molecule has 2 fully saturated rings. The highest BCUT2D eigenvalue weighted by atomic mass is 16.3. The molecule has 1 aromatic carbocycles. The van der Waals surface area contributed by atoms with Crippen LogP contribution in [0.5, 0.6) is 5.75 Å². The summed E-state index contributed by atoms with van der Waals surface area (Å²) in [5.74, 6) is 2.70. The summed E-state index contributed by atoms with van der Waals surface area (Å²) in [6, 6.07) is 4.33. The van der Waals surface area contributed by atoms with Gasteiger partial charge in [-0.25, -0.2) is 0 Å². The number of hydrogen-bond donors (Lipinski definition) is 1. The quantitative estimate of drug-likeness (QED) is 0.826. The van der Waals surface area contributed by atoms with Crippen LogP contribution in [0.1, 0.15) is 75.0 Å². The second-order valence-corrected chi connectivity index (χ2v) is 8.31. The zero-order chi connectivity index (χ0) is 16.4. The zero-order valence-corrected chi connectivity index (χ0v) is 15.1. The van der Waals surface area contributed by atoms with Crippen molar-refractivity contribution in [2.45, 2.75) is 71.8 Å². The molecule has 23 heavy (non-hydrogen) atoms. The lowest BCUT2D eigenvalue weighted by Crippen LogP contribution is -2.38. The maximum atomic E-state index is 10.4. The Morgan fingerprint density at radius 3 is 2.35 bits per heavy atom. The fraction of sp³-hybridized carbons (Fsp3) is 0.714. The molecule has 0 amide bonds. The fourth-order valence-corrected chi connectivity index (χ4v) is 4.83. The molecule has 1 N–H and O–H groups in total. The Morgan fingerprint density at radius 2 is 1.70 bits per heavy atom. The molecule has 1 aliphatic heterocycles. The lowest BCUT2D eigenvalue weighted by atomic mass is 9.82. The molecule has 0 bridgehead atoms. The van der Waals surface area contributed by atoms with Crippen LogP contribution in [0, 0.1) is 18.8 Å². The standard InChI is InChI=1S/C21H33NO/c1-15-9-16(2)13-22(12-15)14-19-11-20(21(23)10-17(19)3)18-7-5-4-6-8-18/h10-11,15-16,18,23H,4-9,12-14H2,1-3H3/t15-,16+. The van der Waals surface area contributed by atoms with Crippen molar-refractivity contribution in [2.24, 2.45) is 11.8 Å². The Bertz CT molecular complexity index is 523. The van der Waals surface area contributed by atoms with Crippen LogP contribution in [-0.4, -0.2) is 23.1 Å².